The molecule has 2 aliphatic carbocycles. The van der Waals surface area contributed by atoms with Crippen LogP contribution in [0.3, 0.4) is 0 Å². The van der Waals surface area contributed by atoms with Crippen molar-refractivity contribution < 1.29 is 0 Å². The third-order valence-corrected chi connectivity index (χ3v) is 5.74. The molecule has 1 nitrogen and oxygen atoms in total. The molecule has 2 unspecified atom stereocenters. The normalized spacial score (nSPS) is 28.0. The van der Waals surface area contributed by atoms with Crippen LogP contribution in [0.25, 0.3) is 10.9 Å². The van der Waals surface area contributed by atoms with Crippen LogP contribution in [0.15, 0.2) is 36.4 Å². The van der Waals surface area contributed by atoms with Crippen molar-refractivity contribution in [3.8, 4) is 0 Å². The summed E-state index contributed by atoms with van der Waals surface area (Å²) < 4.78 is 2.47. The fraction of sp³-hybridized carbons (Fsp3) is 0.500. The SMILES string of the molecule is CCCC1C=CC(C)(C2CC2)c2c1n(C)c1ccccc21. The van der Waals surface area contributed by atoms with Crippen LogP contribution in [0.4, 0.5) is 0 Å². The molecule has 1 aromatic carbocycles. The zero-order valence-corrected chi connectivity index (χ0v) is 13.4. The van der Waals surface area contributed by atoms with Crippen LogP contribution in [0.5, 0.6) is 0 Å². The topological polar surface area (TPSA) is 4.93 Å². The summed E-state index contributed by atoms with van der Waals surface area (Å²) in [4.78, 5) is 0. The number of para-hydroxylation sites is 1. The summed E-state index contributed by atoms with van der Waals surface area (Å²) in [7, 11) is 2.26. The molecule has 21 heavy (non-hydrogen) atoms. The molecule has 0 spiro atoms. The number of hydrogen-bond acceptors (Lipinski definition) is 0. The molecular formula is C20H25N. The lowest BCUT2D eigenvalue weighted by molar-refractivity contribution is 0.486. The summed E-state index contributed by atoms with van der Waals surface area (Å²) in [6, 6.07) is 8.98. The van der Waals surface area contributed by atoms with E-state index in [1.807, 2.05) is 0 Å². The number of hydrogen-bond donors (Lipinski definition) is 0. The van der Waals surface area contributed by atoms with Gasteiger partial charge in [-0.3, -0.25) is 0 Å². The Labute approximate surface area is 127 Å². The predicted molar refractivity (Wildman–Crippen MR) is 89.8 cm³/mol. The molecule has 2 atom stereocenters. The monoisotopic (exact) mass is 279 g/mol. The minimum atomic E-state index is 0.250. The van der Waals surface area contributed by atoms with Gasteiger partial charge in [0.15, 0.2) is 0 Å². The summed E-state index contributed by atoms with van der Waals surface area (Å²) in [5.74, 6) is 1.44. The minimum Gasteiger partial charge on any atom is -0.347 e. The second-order valence-electron chi connectivity index (χ2n) is 7.15. The number of nitrogens with zero attached hydrogens (tertiary/aromatic N) is 1. The van der Waals surface area contributed by atoms with Crippen molar-refractivity contribution in [2.45, 2.75) is 50.9 Å². The highest BCUT2D eigenvalue weighted by Gasteiger charge is 2.46. The molecule has 0 aliphatic heterocycles. The Morgan fingerprint density at radius 3 is 2.71 bits per heavy atom. The first-order chi connectivity index (χ1) is 10.2. The van der Waals surface area contributed by atoms with Gasteiger partial charge in [-0.2, -0.15) is 0 Å². The third-order valence-electron chi connectivity index (χ3n) is 5.74. The molecule has 4 rings (SSSR count). The van der Waals surface area contributed by atoms with Crippen molar-refractivity contribution in [3.63, 3.8) is 0 Å². The Morgan fingerprint density at radius 2 is 2.00 bits per heavy atom. The van der Waals surface area contributed by atoms with Crippen LogP contribution in [0.2, 0.25) is 0 Å². The predicted octanol–water partition coefficient (Wildman–Crippen LogP) is 5.30. The zero-order chi connectivity index (χ0) is 14.6. The van der Waals surface area contributed by atoms with Crippen molar-refractivity contribution >= 4 is 10.9 Å². The van der Waals surface area contributed by atoms with E-state index in [1.54, 1.807) is 11.3 Å². The highest BCUT2D eigenvalue weighted by molar-refractivity contribution is 5.88. The Bertz CT molecular complexity index is 717. The van der Waals surface area contributed by atoms with E-state index < -0.39 is 0 Å². The molecule has 0 amide bonds. The van der Waals surface area contributed by atoms with Crippen molar-refractivity contribution in [2.24, 2.45) is 13.0 Å². The van der Waals surface area contributed by atoms with Gasteiger partial charge in [-0.15, -0.1) is 0 Å². The average Bonchev–Trinajstić information content (AvgIpc) is 3.30. The maximum atomic E-state index is 2.54. The molecule has 1 heterocycles. The van der Waals surface area contributed by atoms with Crippen LogP contribution in [-0.4, -0.2) is 4.57 Å². The number of fused-ring (bicyclic) bond motifs is 3. The molecule has 1 saturated carbocycles. The second kappa shape index (κ2) is 4.50. The van der Waals surface area contributed by atoms with E-state index in [0.717, 1.165) is 5.92 Å². The summed E-state index contributed by atoms with van der Waals surface area (Å²) in [5, 5.41) is 1.48. The Morgan fingerprint density at radius 1 is 1.24 bits per heavy atom. The third kappa shape index (κ3) is 1.76. The van der Waals surface area contributed by atoms with Crippen LogP contribution < -0.4 is 0 Å². The maximum Gasteiger partial charge on any atom is 0.0483 e. The van der Waals surface area contributed by atoms with Gasteiger partial charge in [0, 0.05) is 35.0 Å². The number of aromatic nitrogens is 1. The van der Waals surface area contributed by atoms with E-state index in [1.165, 1.54) is 36.6 Å². The van der Waals surface area contributed by atoms with E-state index >= 15 is 0 Å². The van der Waals surface area contributed by atoms with Gasteiger partial charge < -0.3 is 4.57 Å². The molecule has 0 N–H and O–H groups in total. The number of aryl methyl sites for hydroxylation is 1. The molecule has 1 aromatic heterocycles. The van der Waals surface area contributed by atoms with Gasteiger partial charge in [-0.05, 0) is 36.8 Å². The first kappa shape index (κ1) is 13.2. The minimum absolute atomic E-state index is 0.250. The van der Waals surface area contributed by atoms with E-state index in [9.17, 15) is 0 Å². The van der Waals surface area contributed by atoms with Gasteiger partial charge in [0.1, 0.15) is 0 Å². The smallest absolute Gasteiger partial charge is 0.0483 e. The number of rotatable bonds is 3. The van der Waals surface area contributed by atoms with Gasteiger partial charge in [-0.25, -0.2) is 0 Å². The number of allylic oxidation sites excluding steroid dienone is 2. The molecule has 1 fully saturated rings. The second-order valence-corrected chi connectivity index (χ2v) is 7.15. The summed E-state index contributed by atoms with van der Waals surface area (Å²) in [6.45, 7) is 4.76. The molecule has 2 aliphatic rings. The maximum absolute atomic E-state index is 2.54. The van der Waals surface area contributed by atoms with Gasteiger partial charge in [0.05, 0.1) is 0 Å². The molecular weight excluding hydrogens is 254 g/mol. The standard InChI is InChI=1S/C20H25N/c1-4-7-14-12-13-20(2,15-10-11-15)18-16-8-5-6-9-17(16)21(3)19(14)18/h5-6,8-9,12-15H,4,7,10-11H2,1-3H3. The lowest BCUT2D eigenvalue weighted by Gasteiger charge is -2.34. The van der Waals surface area contributed by atoms with Gasteiger partial charge in [0.2, 0.25) is 0 Å². The summed E-state index contributed by atoms with van der Waals surface area (Å²) in [6.07, 6.45) is 10.3. The molecule has 110 valence electrons. The highest BCUT2D eigenvalue weighted by atomic mass is 15.0. The van der Waals surface area contributed by atoms with Crippen LogP contribution in [0, 0.1) is 5.92 Å². The lowest BCUT2D eigenvalue weighted by Crippen LogP contribution is -2.27. The lowest BCUT2D eigenvalue weighted by atomic mass is 9.70. The Kier molecular flexibility index (Phi) is 2.82. The Hall–Kier alpha value is -1.50. The van der Waals surface area contributed by atoms with Crippen molar-refractivity contribution in [1.82, 2.24) is 4.57 Å². The van der Waals surface area contributed by atoms with Crippen LogP contribution >= 0.6 is 0 Å². The van der Waals surface area contributed by atoms with E-state index in [4.69, 9.17) is 0 Å². The van der Waals surface area contributed by atoms with Gasteiger partial charge >= 0.3 is 0 Å². The van der Waals surface area contributed by atoms with E-state index in [0.29, 0.717) is 5.92 Å². The largest absolute Gasteiger partial charge is 0.347 e. The number of benzene rings is 1. The first-order valence-electron chi connectivity index (χ1n) is 8.44. The quantitative estimate of drug-likeness (QED) is 0.672. The van der Waals surface area contributed by atoms with Crippen LogP contribution in [0.1, 0.15) is 56.7 Å². The molecule has 1 heteroatoms. The fourth-order valence-electron chi connectivity index (χ4n) is 4.47. The summed E-state index contributed by atoms with van der Waals surface area (Å²) in [5.41, 5.74) is 4.86. The fourth-order valence-corrected chi connectivity index (χ4v) is 4.47. The van der Waals surface area contributed by atoms with Gasteiger partial charge in [-0.1, -0.05) is 50.6 Å². The van der Waals surface area contributed by atoms with Crippen molar-refractivity contribution in [2.75, 3.05) is 0 Å². The Balaban J connectivity index is 2.02. The summed E-state index contributed by atoms with van der Waals surface area (Å²) >= 11 is 0. The molecule has 2 aromatic rings. The van der Waals surface area contributed by atoms with E-state index in [-0.39, 0.29) is 5.41 Å². The molecule has 0 radical (unpaired) electrons. The van der Waals surface area contributed by atoms with Gasteiger partial charge in [0.25, 0.3) is 0 Å². The molecule has 0 bridgehead atoms. The van der Waals surface area contributed by atoms with Crippen molar-refractivity contribution in [3.05, 3.63) is 47.7 Å². The zero-order valence-electron chi connectivity index (χ0n) is 13.4. The molecule has 0 saturated heterocycles. The highest BCUT2D eigenvalue weighted by Crippen LogP contribution is 2.55. The van der Waals surface area contributed by atoms with Crippen molar-refractivity contribution in [1.29, 1.82) is 0 Å². The van der Waals surface area contributed by atoms with Crippen LogP contribution in [-0.2, 0) is 12.5 Å². The van der Waals surface area contributed by atoms with E-state index in [2.05, 4.69) is 61.9 Å². The first-order valence-corrected chi connectivity index (χ1v) is 8.44. The average molecular weight is 279 g/mol.